The standard InChI is InChI=1S/C19H28N2O2/c22-19(8-7-16-4-1-2-5-16)21(15-18-6-3-13-23-18)14-17-9-11-20-12-10-17/h9-12,16,18H,1-8,13-15H2/t18-/m0/s1. The summed E-state index contributed by atoms with van der Waals surface area (Å²) in [5, 5.41) is 0. The quantitative estimate of drug-likeness (QED) is 0.772. The fourth-order valence-corrected chi connectivity index (χ4v) is 3.78. The van der Waals surface area contributed by atoms with Crippen molar-refractivity contribution in [3.8, 4) is 0 Å². The van der Waals surface area contributed by atoms with Gasteiger partial charge in [-0.25, -0.2) is 0 Å². The zero-order valence-electron chi connectivity index (χ0n) is 14.0. The summed E-state index contributed by atoms with van der Waals surface area (Å²) >= 11 is 0. The van der Waals surface area contributed by atoms with Crippen LogP contribution in [0.4, 0.5) is 0 Å². The van der Waals surface area contributed by atoms with Crippen LogP contribution in [0.5, 0.6) is 0 Å². The summed E-state index contributed by atoms with van der Waals surface area (Å²) in [6, 6.07) is 3.99. The second kappa shape index (κ2) is 8.44. The molecule has 1 atom stereocenters. The van der Waals surface area contributed by atoms with E-state index in [4.69, 9.17) is 4.74 Å². The van der Waals surface area contributed by atoms with E-state index in [2.05, 4.69) is 4.98 Å². The Kier molecular flexibility index (Phi) is 6.03. The van der Waals surface area contributed by atoms with Crippen LogP contribution in [-0.2, 0) is 16.1 Å². The SMILES string of the molecule is O=C(CCC1CCCC1)N(Cc1ccncc1)C[C@@H]1CCCO1. The van der Waals surface area contributed by atoms with Gasteiger partial charge in [-0.3, -0.25) is 9.78 Å². The molecule has 126 valence electrons. The lowest BCUT2D eigenvalue weighted by Crippen LogP contribution is -2.37. The van der Waals surface area contributed by atoms with Crippen LogP contribution in [0.25, 0.3) is 0 Å². The normalized spacial score (nSPS) is 21.7. The van der Waals surface area contributed by atoms with Crippen LogP contribution in [-0.4, -0.2) is 35.0 Å². The van der Waals surface area contributed by atoms with E-state index in [1.807, 2.05) is 17.0 Å². The summed E-state index contributed by atoms with van der Waals surface area (Å²) in [4.78, 5) is 18.8. The van der Waals surface area contributed by atoms with Gasteiger partial charge < -0.3 is 9.64 Å². The summed E-state index contributed by atoms with van der Waals surface area (Å²) in [6.45, 7) is 2.24. The molecule has 4 nitrogen and oxygen atoms in total. The Labute approximate surface area is 139 Å². The van der Waals surface area contributed by atoms with Gasteiger partial charge in [0.1, 0.15) is 0 Å². The molecule has 0 unspecified atom stereocenters. The van der Waals surface area contributed by atoms with Crippen molar-refractivity contribution in [2.75, 3.05) is 13.2 Å². The summed E-state index contributed by atoms with van der Waals surface area (Å²) in [7, 11) is 0. The van der Waals surface area contributed by atoms with Crippen molar-refractivity contribution in [3.05, 3.63) is 30.1 Å². The largest absolute Gasteiger partial charge is 0.376 e. The van der Waals surface area contributed by atoms with Gasteiger partial charge in [0, 0.05) is 38.5 Å². The Hall–Kier alpha value is -1.42. The van der Waals surface area contributed by atoms with Gasteiger partial charge in [0.15, 0.2) is 0 Å². The molecule has 2 heterocycles. The van der Waals surface area contributed by atoms with Crippen molar-refractivity contribution in [2.45, 2.75) is 64.0 Å². The smallest absolute Gasteiger partial charge is 0.222 e. The number of nitrogens with zero attached hydrogens (tertiary/aromatic N) is 2. The van der Waals surface area contributed by atoms with Crippen LogP contribution in [0, 0.1) is 5.92 Å². The average Bonchev–Trinajstić information content (AvgIpc) is 3.26. The monoisotopic (exact) mass is 316 g/mol. The number of carbonyl (C=O) groups excluding carboxylic acids is 1. The Balaban J connectivity index is 1.57. The van der Waals surface area contributed by atoms with E-state index in [-0.39, 0.29) is 12.0 Å². The number of pyridine rings is 1. The molecule has 0 bridgehead atoms. The third kappa shape index (κ3) is 5.03. The van der Waals surface area contributed by atoms with Gasteiger partial charge in [-0.15, -0.1) is 0 Å². The summed E-state index contributed by atoms with van der Waals surface area (Å²) in [6.07, 6.45) is 13.0. The Morgan fingerprint density at radius 1 is 1.17 bits per heavy atom. The molecular formula is C19H28N2O2. The summed E-state index contributed by atoms with van der Waals surface area (Å²) < 4.78 is 5.74. The first-order valence-electron chi connectivity index (χ1n) is 9.09. The number of hydrogen-bond donors (Lipinski definition) is 0. The van der Waals surface area contributed by atoms with Gasteiger partial charge in [0.2, 0.25) is 5.91 Å². The lowest BCUT2D eigenvalue weighted by molar-refractivity contribution is -0.133. The highest BCUT2D eigenvalue weighted by molar-refractivity contribution is 5.76. The van der Waals surface area contributed by atoms with Crippen molar-refractivity contribution in [1.29, 1.82) is 0 Å². The molecule has 3 rings (SSSR count). The zero-order valence-corrected chi connectivity index (χ0v) is 14.0. The molecule has 1 aliphatic carbocycles. The summed E-state index contributed by atoms with van der Waals surface area (Å²) in [5.74, 6) is 1.05. The van der Waals surface area contributed by atoms with Gasteiger partial charge in [0.05, 0.1) is 6.10 Å². The van der Waals surface area contributed by atoms with Gasteiger partial charge in [-0.2, -0.15) is 0 Å². The van der Waals surface area contributed by atoms with Crippen molar-refractivity contribution in [3.63, 3.8) is 0 Å². The number of carbonyl (C=O) groups is 1. The molecule has 2 aliphatic rings. The number of aromatic nitrogens is 1. The van der Waals surface area contributed by atoms with Crippen LogP contribution in [0.3, 0.4) is 0 Å². The van der Waals surface area contributed by atoms with Crippen molar-refractivity contribution in [2.24, 2.45) is 5.92 Å². The second-order valence-electron chi connectivity index (χ2n) is 6.95. The lowest BCUT2D eigenvalue weighted by Gasteiger charge is -2.26. The van der Waals surface area contributed by atoms with E-state index < -0.39 is 0 Å². The Morgan fingerprint density at radius 2 is 1.96 bits per heavy atom. The molecule has 1 aliphatic heterocycles. The predicted octanol–water partition coefficient (Wildman–Crippen LogP) is 3.56. The minimum absolute atomic E-state index is 0.215. The first-order valence-corrected chi connectivity index (χ1v) is 9.09. The van der Waals surface area contributed by atoms with E-state index in [1.165, 1.54) is 25.7 Å². The fourth-order valence-electron chi connectivity index (χ4n) is 3.78. The fraction of sp³-hybridized carbons (Fsp3) is 0.684. The predicted molar refractivity (Wildman–Crippen MR) is 89.8 cm³/mol. The van der Waals surface area contributed by atoms with E-state index in [1.54, 1.807) is 12.4 Å². The highest BCUT2D eigenvalue weighted by Crippen LogP contribution is 2.29. The van der Waals surface area contributed by atoms with Crippen LogP contribution < -0.4 is 0 Å². The number of ether oxygens (including phenoxy) is 1. The van der Waals surface area contributed by atoms with Gasteiger partial charge in [-0.1, -0.05) is 25.7 Å². The lowest BCUT2D eigenvalue weighted by atomic mass is 10.0. The minimum Gasteiger partial charge on any atom is -0.376 e. The maximum absolute atomic E-state index is 12.7. The maximum atomic E-state index is 12.7. The highest BCUT2D eigenvalue weighted by Gasteiger charge is 2.24. The van der Waals surface area contributed by atoms with Crippen LogP contribution in [0.15, 0.2) is 24.5 Å². The van der Waals surface area contributed by atoms with Gasteiger partial charge >= 0.3 is 0 Å². The molecule has 1 saturated carbocycles. The minimum atomic E-state index is 0.215. The average molecular weight is 316 g/mol. The topological polar surface area (TPSA) is 42.4 Å². The molecule has 1 aromatic rings. The number of rotatable bonds is 7. The number of amides is 1. The molecule has 1 amide bonds. The molecule has 0 spiro atoms. The second-order valence-corrected chi connectivity index (χ2v) is 6.95. The van der Waals surface area contributed by atoms with Crippen molar-refractivity contribution >= 4 is 5.91 Å². The van der Waals surface area contributed by atoms with E-state index >= 15 is 0 Å². The molecule has 4 heteroatoms. The van der Waals surface area contributed by atoms with Crippen LogP contribution in [0.1, 0.15) is 56.9 Å². The van der Waals surface area contributed by atoms with Gasteiger partial charge in [-0.05, 0) is 42.9 Å². The van der Waals surface area contributed by atoms with Crippen molar-refractivity contribution in [1.82, 2.24) is 9.88 Å². The molecular weight excluding hydrogens is 288 g/mol. The van der Waals surface area contributed by atoms with Crippen molar-refractivity contribution < 1.29 is 9.53 Å². The molecule has 0 N–H and O–H groups in total. The third-order valence-corrected chi connectivity index (χ3v) is 5.16. The van der Waals surface area contributed by atoms with Gasteiger partial charge in [0.25, 0.3) is 0 Å². The third-order valence-electron chi connectivity index (χ3n) is 5.16. The summed E-state index contributed by atoms with van der Waals surface area (Å²) in [5.41, 5.74) is 1.15. The Bertz CT molecular complexity index is 479. The number of hydrogen-bond acceptors (Lipinski definition) is 3. The Morgan fingerprint density at radius 3 is 2.65 bits per heavy atom. The first-order chi connectivity index (χ1) is 11.3. The zero-order chi connectivity index (χ0) is 15.9. The molecule has 1 saturated heterocycles. The van der Waals surface area contributed by atoms with Crippen LogP contribution >= 0.6 is 0 Å². The molecule has 23 heavy (non-hydrogen) atoms. The molecule has 2 fully saturated rings. The van der Waals surface area contributed by atoms with E-state index in [9.17, 15) is 4.79 Å². The molecule has 1 aromatic heterocycles. The van der Waals surface area contributed by atoms with E-state index in [0.717, 1.165) is 43.9 Å². The maximum Gasteiger partial charge on any atom is 0.222 e. The van der Waals surface area contributed by atoms with Crippen LogP contribution in [0.2, 0.25) is 0 Å². The highest BCUT2D eigenvalue weighted by atomic mass is 16.5. The molecule has 0 radical (unpaired) electrons. The first kappa shape index (κ1) is 16.4. The molecule has 0 aromatic carbocycles. The van der Waals surface area contributed by atoms with E-state index in [0.29, 0.717) is 13.0 Å².